The minimum atomic E-state index is -0.566. The van der Waals surface area contributed by atoms with E-state index in [-0.39, 0.29) is 10.0 Å². The number of benzene rings is 2. The first-order chi connectivity index (χ1) is 9.13. The molecule has 19 heavy (non-hydrogen) atoms. The van der Waals surface area contributed by atoms with Crippen LogP contribution in [0.15, 0.2) is 36.4 Å². The summed E-state index contributed by atoms with van der Waals surface area (Å²) in [6.45, 7) is 0. The molecule has 1 aliphatic carbocycles. The van der Waals surface area contributed by atoms with Gasteiger partial charge in [0.25, 0.3) is 0 Å². The Morgan fingerprint density at radius 3 is 2.05 bits per heavy atom. The van der Waals surface area contributed by atoms with E-state index in [2.05, 4.69) is 17.4 Å². The van der Waals surface area contributed by atoms with Gasteiger partial charge in [-0.25, -0.2) is 4.39 Å². The van der Waals surface area contributed by atoms with Gasteiger partial charge < -0.3 is 5.32 Å². The normalized spacial score (nSPS) is 14.5. The van der Waals surface area contributed by atoms with Crippen LogP contribution in [0.4, 0.5) is 10.1 Å². The van der Waals surface area contributed by atoms with Gasteiger partial charge in [0.15, 0.2) is 5.82 Å². The van der Waals surface area contributed by atoms with Crippen molar-refractivity contribution in [1.82, 2.24) is 0 Å². The first kappa shape index (κ1) is 12.8. The maximum absolute atomic E-state index is 13.3. The Bertz CT molecular complexity index is 579. The molecule has 1 nitrogen and oxygen atoms in total. The van der Waals surface area contributed by atoms with Crippen molar-refractivity contribution in [3.05, 3.63) is 63.4 Å². The van der Waals surface area contributed by atoms with Crippen LogP contribution in [0.25, 0.3) is 0 Å². The summed E-state index contributed by atoms with van der Waals surface area (Å²) >= 11 is 11.6. The van der Waals surface area contributed by atoms with E-state index in [9.17, 15) is 4.39 Å². The summed E-state index contributed by atoms with van der Waals surface area (Å²) in [5, 5.41) is 3.45. The molecule has 0 radical (unpaired) electrons. The molecule has 2 aromatic rings. The first-order valence-electron chi connectivity index (χ1n) is 6.11. The van der Waals surface area contributed by atoms with Crippen molar-refractivity contribution >= 4 is 28.9 Å². The van der Waals surface area contributed by atoms with Crippen LogP contribution in [-0.2, 0) is 12.8 Å². The van der Waals surface area contributed by atoms with Gasteiger partial charge in [-0.05, 0) is 36.1 Å². The fourth-order valence-corrected chi connectivity index (χ4v) is 3.02. The Labute approximate surface area is 121 Å². The summed E-state index contributed by atoms with van der Waals surface area (Å²) < 4.78 is 13.3. The molecule has 4 heteroatoms. The molecule has 0 spiro atoms. The highest BCUT2D eigenvalue weighted by atomic mass is 35.5. The largest absolute Gasteiger partial charge is 0.382 e. The molecule has 3 rings (SSSR count). The maximum atomic E-state index is 13.3. The molecule has 0 aromatic heterocycles. The Kier molecular flexibility index (Phi) is 3.38. The number of fused-ring (bicyclic) bond motifs is 1. The molecule has 1 aliphatic rings. The van der Waals surface area contributed by atoms with Gasteiger partial charge in [-0.15, -0.1) is 0 Å². The summed E-state index contributed by atoms with van der Waals surface area (Å²) in [5.74, 6) is -0.566. The highest BCUT2D eigenvalue weighted by molar-refractivity contribution is 6.35. The lowest BCUT2D eigenvalue weighted by Gasteiger charge is -2.14. The van der Waals surface area contributed by atoms with E-state index >= 15 is 0 Å². The SMILES string of the molecule is Fc1c(Cl)cc(NC2Cc3ccccc3C2)cc1Cl. The van der Waals surface area contributed by atoms with Crippen LogP contribution >= 0.6 is 23.2 Å². The van der Waals surface area contributed by atoms with E-state index in [1.54, 1.807) is 12.1 Å². The number of nitrogens with one attached hydrogen (secondary N) is 1. The molecule has 0 amide bonds. The topological polar surface area (TPSA) is 12.0 Å². The van der Waals surface area contributed by atoms with Crippen molar-refractivity contribution in [1.29, 1.82) is 0 Å². The van der Waals surface area contributed by atoms with Gasteiger partial charge in [0.2, 0.25) is 0 Å². The van der Waals surface area contributed by atoms with Crippen LogP contribution in [0.5, 0.6) is 0 Å². The van der Waals surface area contributed by atoms with Crippen LogP contribution < -0.4 is 5.32 Å². The Morgan fingerprint density at radius 2 is 1.53 bits per heavy atom. The molecule has 0 atom stereocenters. The van der Waals surface area contributed by atoms with Crippen molar-refractivity contribution in [2.75, 3.05) is 5.32 Å². The molecule has 0 unspecified atom stereocenters. The Morgan fingerprint density at radius 1 is 1.00 bits per heavy atom. The van der Waals surface area contributed by atoms with Gasteiger partial charge in [0.05, 0.1) is 10.0 Å². The van der Waals surface area contributed by atoms with Crippen molar-refractivity contribution < 1.29 is 4.39 Å². The van der Waals surface area contributed by atoms with Gasteiger partial charge in [0.1, 0.15) is 0 Å². The van der Waals surface area contributed by atoms with Crippen LogP contribution in [0.1, 0.15) is 11.1 Å². The van der Waals surface area contributed by atoms with Crippen LogP contribution in [0, 0.1) is 5.82 Å². The average molecular weight is 296 g/mol. The second-order valence-corrected chi connectivity index (χ2v) is 5.59. The van der Waals surface area contributed by atoms with E-state index in [4.69, 9.17) is 23.2 Å². The second-order valence-electron chi connectivity index (χ2n) is 4.77. The molecule has 0 saturated heterocycles. The highest BCUT2D eigenvalue weighted by Crippen LogP contribution is 2.30. The third-order valence-corrected chi connectivity index (χ3v) is 3.96. The number of anilines is 1. The number of rotatable bonds is 2. The van der Waals surface area contributed by atoms with Gasteiger partial charge >= 0.3 is 0 Å². The summed E-state index contributed by atoms with van der Waals surface area (Å²) in [4.78, 5) is 0. The summed E-state index contributed by atoms with van der Waals surface area (Å²) in [7, 11) is 0. The third kappa shape index (κ3) is 2.56. The van der Waals surface area contributed by atoms with Crippen molar-refractivity contribution in [3.63, 3.8) is 0 Å². The van der Waals surface area contributed by atoms with Gasteiger partial charge in [0, 0.05) is 11.7 Å². The van der Waals surface area contributed by atoms with Crippen LogP contribution in [0.3, 0.4) is 0 Å². The number of halogens is 3. The zero-order valence-electron chi connectivity index (χ0n) is 10.1. The lowest BCUT2D eigenvalue weighted by molar-refractivity contribution is 0.628. The predicted molar refractivity (Wildman–Crippen MR) is 77.7 cm³/mol. The minimum absolute atomic E-state index is 0.0468. The molecule has 0 fully saturated rings. The lowest BCUT2D eigenvalue weighted by atomic mass is 10.1. The van der Waals surface area contributed by atoms with Crippen LogP contribution in [0.2, 0.25) is 10.0 Å². The van der Waals surface area contributed by atoms with E-state index in [1.165, 1.54) is 11.1 Å². The van der Waals surface area contributed by atoms with E-state index in [0.717, 1.165) is 18.5 Å². The summed E-state index contributed by atoms with van der Waals surface area (Å²) in [5.41, 5.74) is 3.48. The molecule has 98 valence electrons. The van der Waals surface area contributed by atoms with Gasteiger partial charge in [-0.3, -0.25) is 0 Å². The predicted octanol–water partition coefficient (Wildman–Crippen LogP) is 4.71. The summed E-state index contributed by atoms with van der Waals surface area (Å²) in [6, 6.07) is 11.8. The van der Waals surface area contributed by atoms with Crippen LogP contribution in [-0.4, -0.2) is 6.04 Å². The monoisotopic (exact) mass is 295 g/mol. The van der Waals surface area contributed by atoms with Gasteiger partial charge in [-0.1, -0.05) is 47.5 Å². The van der Waals surface area contributed by atoms with Crippen molar-refractivity contribution in [3.8, 4) is 0 Å². The maximum Gasteiger partial charge on any atom is 0.160 e. The first-order valence-corrected chi connectivity index (χ1v) is 6.87. The van der Waals surface area contributed by atoms with Crippen molar-refractivity contribution in [2.24, 2.45) is 0 Å². The minimum Gasteiger partial charge on any atom is -0.382 e. The van der Waals surface area contributed by atoms with E-state index in [1.807, 2.05) is 12.1 Å². The molecule has 0 aliphatic heterocycles. The Balaban J connectivity index is 1.78. The lowest BCUT2D eigenvalue weighted by Crippen LogP contribution is -2.19. The molecule has 0 bridgehead atoms. The fourth-order valence-electron chi connectivity index (χ4n) is 2.54. The highest BCUT2D eigenvalue weighted by Gasteiger charge is 2.21. The van der Waals surface area contributed by atoms with Gasteiger partial charge in [-0.2, -0.15) is 0 Å². The quantitative estimate of drug-likeness (QED) is 0.791. The summed E-state index contributed by atoms with van der Waals surface area (Å²) in [6.07, 6.45) is 1.92. The Hall–Kier alpha value is -1.25. The fraction of sp³-hybridized carbons (Fsp3) is 0.200. The molecular formula is C15H12Cl2FN. The number of hydrogen-bond donors (Lipinski definition) is 1. The number of hydrogen-bond acceptors (Lipinski definition) is 1. The molecule has 0 heterocycles. The zero-order chi connectivity index (χ0) is 13.4. The third-order valence-electron chi connectivity index (χ3n) is 3.41. The molecule has 2 aromatic carbocycles. The molecular weight excluding hydrogens is 284 g/mol. The zero-order valence-corrected chi connectivity index (χ0v) is 11.6. The van der Waals surface area contributed by atoms with Crippen molar-refractivity contribution in [2.45, 2.75) is 18.9 Å². The second kappa shape index (κ2) is 5.03. The molecule has 1 N–H and O–H groups in total. The molecule has 0 saturated carbocycles. The van der Waals surface area contributed by atoms with E-state index < -0.39 is 5.82 Å². The standard InChI is InChI=1S/C15H12Cl2FN/c16-13-7-12(8-14(17)15(13)18)19-11-5-9-3-1-2-4-10(9)6-11/h1-4,7-8,11,19H,5-6H2. The van der Waals surface area contributed by atoms with E-state index in [0.29, 0.717) is 6.04 Å². The smallest absolute Gasteiger partial charge is 0.160 e. The average Bonchev–Trinajstić information content (AvgIpc) is 2.78.